The molecule has 3 aliphatic heterocycles. The number of nitrogens with one attached hydrogen (secondary N) is 2. The van der Waals surface area contributed by atoms with Gasteiger partial charge in [0.05, 0.1) is 6.04 Å². The number of amides is 2. The van der Waals surface area contributed by atoms with Gasteiger partial charge in [-0.1, -0.05) is 0 Å². The average Bonchev–Trinajstić information content (AvgIpc) is 3.40. The fourth-order valence-corrected chi connectivity index (χ4v) is 5.28. The summed E-state index contributed by atoms with van der Waals surface area (Å²) in [5.41, 5.74) is 0. The molecule has 3 aliphatic rings. The van der Waals surface area contributed by atoms with E-state index >= 15 is 0 Å². The van der Waals surface area contributed by atoms with E-state index in [0.717, 1.165) is 34.6 Å². The molecule has 2 amide bonds. The Hall–Kier alpha value is -4.07. The number of ether oxygens (including phenoxy) is 10. The van der Waals surface area contributed by atoms with Crippen LogP contribution in [0.5, 0.6) is 0 Å². The van der Waals surface area contributed by atoms with E-state index in [1.54, 1.807) is 13.8 Å². The van der Waals surface area contributed by atoms with Gasteiger partial charge < -0.3 is 58.0 Å². The normalized spacial score (nSPS) is 31.3. The first-order valence-corrected chi connectivity index (χ1v) is 14.6. The van der Waals surface area contributed by atoms with E-state index in [4.69, 9.17) is 47.4 Å². The first-order chi connectivity index (χ1) is 21.9. The predicted molar refractivity (Wildman–Crippen MR) is 148 cm³/mol. The van der Waals surface area contributed by atoms with Crippen LogP contribution in [0.1, 0.15) is 55.4 Å². The van der Waals surface area contributed by atoms with E-state index in [1.807, 2.05) is 0 Å². The van der Waals surface area contributed by atoms with Crippen LogP contribution in [0.3, 0.4) is 0 Å². The summed E-state index contributed by atoms with van der Waals surface area (Å²) in [6, 6.07) is -2.16. The van der Waals surface area contributed by atoms with Gasteiger partial charge in [0.15, 0.2) is 36.4 Å². The van der Waals surface area contributed by atoms with E-state index in [0.29, 0.717) is 0 Å². The highest BCUT2D eigenvalue weighted by Crippen LogP contribution is 2.40. The Balaban J connectivity index is 1.91. The highest BCUT2D eigenvalue weighted by Gasteiger charge is 2.59. The number of carbonyl (C=O) groups is 7. The van der Waals surface area contributed by atoms with Crippen molar-refractivity contribution in [2.75, 3.05) is 13.2 Å². The van der Waals surface area contributed by atoms with Gasteiger partial charge in [0.1, 0.15) is 31.5 Å². The highest BCUT2D eigenvalue weighted by atomic mass is 16.8. The zero-order valence-corrected chi connectivity index (χ0v) is 27.1. The van der Waals surface area contributed by atoms with Crippen molar-refractivity contribution in [2.45, 2.75) is 122 Å². The van der Waals surface area contributed by atoms with Gasteiger partial charge in [-0.2, -0.15) is 0 Å². The number of hydrogen-bond donors (Lipinski definition) is 2. The quantitative estimate of drug-likeness (QED) is 0.199. The average molecular weight is 677 g/mol. The molecule has 19 nitrogen and oxygen atoms in total. The van der Waals surface area contributed by atoms with Crippen molar-refractivity contribution >= 4 is 41.8 Å². The number of esters is 6. The molecule has 0 aliphatic carbocycles. The molecule has 0 unspecified atom stereocenters. The molecule has 47 heavy (non-hydrogen) atoms. The Labute approximate surface area is 269 Å². The molecule has 19 heteroatoms. The standard InChI is InChI=1S/C28H40N2O17/c1-11(31)38-9-17(19-22-24(47-28(7,8)46-22)26(45-19)43-16(6)36)29-27(37)30-25-23(42-15(5)35)21(41-14(4)34)20(40-13(3)33)18(44-25)10-39-12(2)32/h17-26H,9-10H2,1-8H3,(H2,29,30,37)/t17-,18+,19+,20+,21-,22-,23+,24-,25+,26-/m0/s1. The minimum absolute atomic E-state index is 0.439. The third kappa shape index (κ3) is 10.5. The smallest absolute Gasteiger partial charge is 0.317 e. The fraction of sp³-hybridized carbons (Fsp3) is 0.750. The van der Waals surface area contributed by atoms with Gasteiger partial charge in [-0.25, -0.2) is 4.79 Å². The lowest BCUT2D eigenvalue weighted by atomic mass is 9.97. The summed E-state index contributed by atoms with van der Waals surface area (Å²) in [6.45, 7) is 8.88. The van der Waals surface area contributed by atoms with Crippen molar-refractivity contribution in [1.29, 1.82) is 0 Å². The van der Waals surface area contributed by atoms with Crippen molar-refractivity contribution < 1.29 is 80.9 Å². The molecular weight excluding hydrogens is 636 g/mol. The summed E-state index contributed by atoms with van der Waals surface area (Å²) < 4.78 is 55.1. The maximum absolute atomic E-state index is 13.5. The molecule has 0 spiro atoms. The van der Waals surface area contributed by atoms with Crippen molar-refractivity contribution in [3.05, 3.63) is 0 Å². The second kappa shape index (κ2) is 15.7. The maximum atomic E-state index is 13.5. The van der Waals surface area contributed by atoms with Crippen LogP contribution in [0.25, 0.3) is 0 Å². The van der Waals surface area contributed by atoms with Gasteiger partial charge in [0, 0.05) is 41.5 Å². The number of carbonyl (C=O) groups excluding carboxylic acids is 7. The van der Waals surface area contributed by atoms with Gasteiger partial charge >= 0.3 is 41.8 Å². The number of fused-ring (bicyclic) bond motifs is 1. The first-order valence-electron chi connectivity index (χ1n) is 14.6. The molecule has 0 aromatic rings. The summed E-state index contributed by atoms with van der Waals surface area (Å²) in [5, 5.41) is 5.04. The van der Waals surface area contributed by atoms with Crippen molar-refractivity contribution in [3.8, 4) is 0 Å². The number of rotatable bonds is 11. The van der Waals surface area contributed by atoms with Crippen LogP contribution < -0.4 is 10.6 Å². The van der Waals surface area contributed by atoms with Crippen LogP contribution in [0.2, 0.25) is 0 Å². The molecule has 264 valence electrons. The zero-order chi connectivity index (χ0) is 35.2. The van der Waals surface area contributed by atoms with Gasteiger partial charge in [-0.05, 0) is 13.8 Å². The minimum atomic E-state index is -1.60. The van der Waals surface area contributed by atoms with Crippen LogP contribution in [0.4, 0.5) is 4.79 Å². The SMILES string of the molecule is CC(=O)OC[C@H](NC(=O)N[C@@H]1O[C@H](COC(C)=O)[C@@H](OC(C)=O)[C@H](OC(C)=O)[C@H]1OC(C)=O)[C@H]1O[C@H](OC(C)=O)[C@H]2OC(C)(C)O[C@H]21. The van der Waals surface area contributed by atoms with Crippen LogP contribution >= 0.6 is 0 Å². The summed E-state index contributed by atoms with van der Waals surface area (Å²) in [7, 11) is 0. The van der Waals surface area contributed by atoms with E-state index in [1.165, 1.54) is 6.92 Å². The van der Waals surface area contributed by atoms with Crippen molar-refractivity contribution in [2.24, 2.45) is 0 Å². The van der Waals surface area contributed by atoms with E-state index in [9.17, 15) is 33.6 Å². The molecule has 3 saturated heterocycles. The van der Waals surface area contributed by atoms with Gasteiger partial charge in [0.2, 0.25) is 6.29 Å². The monoisotopic (exact) mass is 676 g/mol. The molecule has 3 heterocycles. The number of urea groups is 1. The van der Waals surface area contributed by atoms with Crippen molar-refractivity contribution in [3.63, 3.8) is 0 Å². The molecule has 3 fully saturated rings. The summed E-state index contributed by atoms with van der Waals surface area (Å²) >= 11 is 0. The summed E-state index contributed by atoms with van der Waals surface area (Å²) in [6.07, 6.45) is -11.6. The van der Waals surface area contributed by atoms with Crippen LogP contribution in [-0.2, 0) is 76.1 Å². The van der Waals surface area contributed by atoms with Gasteiger partial charge in [-0.3, -0.25) is 28.8 Å². The van der Waals surface area contributed by atoms with E-state index in [-0.39, 0.29) is 0 Å². The third-order valence-corrected chi connectivity index (χ3v) is 6.77. The molecule has 0 aromatic heterocycles. The largest absolute Gasteiger partial charge is 0.464 e. The molecule has 10 atom stereocenters. The first kappa shape index (κ1) is 37.4. The lowest BCUT2D eigenvalue weighted by Gasteiger charge is -2.44. The third-order valence-electron chi connectivity index (χ3n) is 6.77. The Kier molecular flexibility index (Phi) is 12.5. The lowest BCUT2D eigenvalue weighted by molar-refractivity contribution is -0.255. The molecular formula is C28H40N2O17. The Morgan fingerprint density at radius 1 is 0.660 bits per heavy atom. The van der Waals surface area contributed by atoms with E-state index < -0.39 is 122 Å². The summed E-state index contributed by atoms with van der Waals surface area (Å²) in [5.74, 6) is -5.78. The Morgan fingerprint density at radius 2 is 1.19 bits per heavy atom. The van der Waals surface area contributed by atoms with Gasteiger partial charge in [0.25, 0.3) is 0 Å². The fourth-order valence-electron chi connectivity index (χ4n) is 5.28. The zero-order valence-electron chi connectivity index (χ0n) is 27.1. The molecule has 2 N–H and O–H groups in total. The second-order valence-electron chi connectivity index (χ2n) is 11.3. The Morgan fingerprint density at radius 3 is 1.74 bits per heavy atom. The van der Waals surface area contributed by atoms with E-state index in [2.05, 4.69) is 10.6 Å². The molecule has 0 saturated carbocycles. The molecule has 0 aromatic carbocycles. The number of hydrogen-bond acceptors (Lipinski definition) is 17. The maximum Gasteiger partial charge on any atom is 0.317 e. The van der Waals surface area contributed by atoms with Crippen LogP contribution in [0.15, 0.2) is 0 Å². The lowest BCUT2D eigenvalue weighted by Crippen LogP contribution is -2.67. The van der Waals surface area contributed by atoms with Crippen LogP contribution in [0, 0.1) is 0 Å². The summed E-state index contributed by atoms with van der Waals surface area (Å²) in [4.78, 5) is 84.8. The molecule has 0 bridgehead atoms. The molecule has 0 radical (unpaired) electrons. The molecule has 3 rings (SSSR count). The Bertz CT molecular complexity index is 1220. The topological polar surface area (TPSA) is 236 Å². The van der Waals surface area contributed by atoms with Crippen molar-refractivity contribution in [1.82, 2.24) is 10.6 Å². The highest BCUT2D eigenvalue weighted by molar-refractivity contribution is 5.75. The minimum Gasteiger partial charge on any atom is -0.464 e. The second-order valence-corrected chi connectivity index (χ2v) is 11.3. The van der Waals surface area contributed by atoms with Crippen LogP contribution in [-0.4, -0.2) is 122 Å². The van der Waals surface area contributed by atoms with Gasteiger partial charge in [-0.15, -0.1) is 0 Å². The predicted octanol–water partition coefficient (Wildman–Crippen LogP) is -0.891.